The molecule has 1 heteroatoms. The van der Waals surface area contributed by atoms with Crippen LogP contribution in [0.15, 0.2) is 60.7 Å². The summed E-state index contributed by atoms with van der Waals surface area (Å²) in [6, 6.07) is 18.8. The topological polar surface area (TPSA) is 20.2 Å². The van der Waals surface area contributed by atoms with Crippen LogP contribution < -0.4 is 0 Å². The quantitative estimate of drug-likeness (QED) is 0.789. The first-order valence-electron chi connectivity index (χ1n) is 8.06. The van der Waals surface area contributed by atoms with Crippen molar-refractivity contribution in [2.75, 3.05) is 0 Å². The standard InChI is InChI=1S/C21H26O/c1-16(2)20-12-9-19(10-13-20)15-17(3)21(22)14-11-18-7-5-4-6-8-18/h4-14,16-17,21-22H,15H2,1-3H3/b14-11+. The molecule has 0 heterocycles. The molecule has 0 aliphatic carbocycles. The van der Waals surface area contributed by atoms with Gasteiger partial charge >= 0.3 is 0 Å². The molecule has 2 rings (SSSR count). The van der Waals surface area contributed by atoms with E-state index in [2.05, 4.69) is 45.0 Å². The van der Waals surface area contributed by atoms with Gasteiger partial charge in [0.05, 0.1) is 6.10 Å². The van der Waals surface area contributed by atoms with Crippen molar-refractivity contribution in [1.82, 2.24) is 0 Å². The molecule has 0 aliphatic rings. The Morgan fingerprint density at radius 3 is 2.14 bits per heavy atom. The Labute approximate surface area is 134 Å². The van der Waals surface area contributed by atoms with Crippen LogP contribution in [0.4, 0.5) is 0 Å². The van der Waals surface area contributed by atoms with Gasteiger partial charge in [-0.05, 0) is 34.9 Å². The van der Waals surface area contributed by atoms with E-state index < -0.39 is 6.10 Å². The lowest BCUT2D eigenvalue weighted by atomic mass is 9.93. The smallest absolute Gasteiger partial charge is 0.0752 e. The minimum atomic E-state index is -0.426. The number of hydrogen-bond acceptors (Lipinski definition) is 1. The number of rotatable bonds is 6. The van der Waals surface area contributed by atoms with E-state index in [1.54, 1.807) is 0 Å². The Morgan fingerprint density at radius 1 is 0.909 bits per heavy atom. The maximum absolute atomic E-state index is 10.3. The maximum atomic E-state index is 10.3. The largest absolute Gasteiger partial charge is 0.389 e. The Morgan fingerprint density at radius 2 is 1.55 bits per heavy atom. The van der Waals surface area contributed by atoms with Gasteiger partial charge in [-0.15, -0.1) is 0 Å². The van der Waals surface area contributed by atoms with Crippen molar-refractivity contribution in [1.29, 1.82) is 0 Å². The second-order valence-electron chi connectivity index (χ2n) is 6.34. The molecule has 0 saturated carbocycles. The third kappa shape index (κ3) is 4.85. The lowest BCUT2D eigenvalue weighted by molar-refractivity contribution is 0.163. The van der Waals surface area contributed by atoms with Crippen molar-refractivity contribution < 1.29 is 5.11 Å². The molecule has 2 aromatic carbocycles. The number of hydrogen-bond donors (Lipinski definition) is 1. The maximum Gasteiger partial charge on any atom is 0.0752 e. The summed E-state index contributed by atoms with van der Waals surface area (Å²) in [5, 5.41) is 10.3. The monoisotopic (exact) mass is 294 g/mol. The zero-order chi connectivity index (χ0) is 15.9. The highest BCUT2D eigenvalue weighted by Gasteiger charge is 2.12. The summed E-state index contributed by atoms with van der Waals surface area (Å²) in [5.74, 6) is 0.760. The SMILES string of the molecule is CC(C)c1ccc(CC(C)C(O)/C=C/c2ccccc2)cc1. The van der Waals surface area contributed by atoms with Crippen molar-refractivity contribution >= 4 is 6.08 Å². The van der Waals surface area contributed by atoms with E-state index in [0.29, 0.717) is 5.92 Å². The second kappa shape index (κ2) is 7.95. The van der Waals surface area contributed by atoms with Crippen molar-refractivity contribution in [2.45, 2.75) is 39.2 Å². The number of aliphatic hydroxyl groups excluding tert-OH is 1. The fourth-order valence-electron chi connectivity index (χ4n) is 2.49. The third-order valence-electron chi connectivity index (χ3n) is 4.07. The van der Waals surface area contributed by atoms with Crippen molar-refractivity contribution in [3.8, 4) is 0 Å². The molecule has 0 aliphatic heterocycles. The molecule has 2 aromatic rings. The van der Waals surface area contributed by atoms with E-state index in [0.717, 1.165) is 12.0 Å². The van der Waals surface area contributed by atoms with Crippen LogP contribution in [0.1, 0.15) is 43.4 Å². The van der Waals surface area contributed by atoms with E-state index >= 15 is 0 Å². The van der Waals surface area contributed by atoms with Crippen molar-refractivity contribution in [3.05, 3.63) is 77.4 Å². The molecule has 0 amide bonds. The first-order valence-corrected chi connectivity index (χ1v) is 8.06. The van der Waals surface area contributed by atoms with E-state index in [1.807, 2.05) is 42.5 Å². The fourth-order valence-corrected chi connectivity index (χ4v) is 2.49. The average molecular weight is 294 g/mol. The first-order chi connectivity index (χ1) is 10.6. The molecule has 1 N–H and O–H groups in total. The van der Waals surface area contributed by atoms with Crippen LogP contribution in [0.5, 0.6) is 0 Å². The molecular formula is C21H26O. The highest BCUT2D eigenvalue weighted by atomic mass is 16.3. The van der Waals surface area contributed by atoms with Crippen molar-refractivity contribution in [3.63, 3.8) is 0 Å². The predicted octanol–water partition coefficient (Wildman–Crippen LogP) is 5.06. The predicted molar refractivity (Wildman–Crippen MR) is 94.9 cm³/mol. The van der Waals surface area contributed by atoms with Gasteiger partial charge in [0.25, 0.3) is 0 Å². The Balaban J connectivity index is 1.93. The summed E-state index contributed by atoms with van der Waals surface area (Å²) in [6.07, 6.45) is 4.34. The molecule has 116 valence electrons. The summed E-state index contributed by atoms with van der Waals surface area (Å²) < 4.78 is 0. The Kier molecular flexibility index (Phi) is 5.97. The third-order valence-corrected chi connectivity index (χ3v) is 4.07. The van der Waals surface area contributed by atoms with Gasteiger partial charge in [0.2, 0.25) is 0 Å². The average Bonchev–Trinajstić information content (AvgIpc) is 2.54. The summed E-state index contributed by atoms with van der Waals surface area (Å²) in [4.78, 5) is 0. The summed E-state index contributed by atoms with van der Waals surface area (Å²) in [6.45, 7) is 6.50. The van der Waals surface area contributed by atoms with Gasteiger partial charge in [0.15, 0.2) is 0 Å². The van der Waals surface area contributed by atoms with Crippen LogP contribution in [-0.4, -0.2) is 11.2 Å². The van der Waals surface area contributed by atoms with E-state index in [1.165, 1.54) is 11.1 Å². The first kappa shape index (κ1) is 16.5. The zero-order valence-corrected chi connectivity index (χ0v) is 13.7. The second-order valence-corrected chi connectivity index (χ2v) is 6.34. The van der Waals surface area contributed by atoms with Gasteiger partial charge in [0, 0.05) is 0 Å². The molecule has 0 fully saturated rings. The molecule has 22 heavy (non-hydrogen) atoms. The van der Waals surface area contributed by atoms with Crippen LogP contribution in [0, 0.1) is 5.92 Å². The van der Waals surface area contributed by atoms with Crippen molar-refractivity contribution in [2.24, 2.45) is 5.92 Å². The summed E-state index contributed by atoms with van der Waals surface area (Å²) in [5.41, 5.74) is 3.76. The number of benzene rings is 2. The molecule has 1 nitrogen and oxygen atoms in total. The normalized spacial score (nSPS) is 14.4. The van der Waals surface area contributed by atoms with E-state index in [4.69, 9.17) is 0 Å². The summed E-state index contributed by atoms with van der Waals surface area (Å²) >= 11 is 0. The van der Waals surface area contributed by atoms with E-state index in [9.17, 15) is 5.11 Å². The number of aliphatic hydroxyl groups is 1. The van der Waals surface area contributed by atoms with Crippen LogP contribution in [0.3, 0.4) is 0 Å². The Bertz CT molecular complexity index is 581. The van der Waals surface area contributed by atoms with Gasteiger partial charge in [-0.1, -0.05) is 87.5 Å². The minimum Gasteiger partial charge on any atom is -0.389 e. The molecule has 0 radical (unpaired) electrons. The molecule has 2 unspecified atom stereocenters. The van der Waals surface area contributed by atoms with E-state index in [-0.39, 0.29) is 5.92 Å². The van der Waals surface area contributed by atoms with Gasteiger partial charge < -0.3 is 5.11 Å². The lowest BCUT2D eigenvalue weighted by Gasteiger charge is -2.16. The highest BCUT2D eigenvalue weighted by Crippen LogP contribution is 2.18. The minimum absolute atomic E-state index is 0.199. The molecule has 0 saturated heterocycles. The van der Waals surface area contributed by atoms with Gasteiger partial charge in [0.1, 0.15) is 0 Å². The van der Waals surface area contributed by atoms with Crippen LogP contribution in [0.25, 0.3) is 6.08 Å². The highest BCUT2D eigenvalue weighted by molar-refractivity contribution is 5.49. The van der Waals surface area contributed by atoms with Crippen LogP contribution in [-0.2, 0) is 6.42 Å². The molecular weight excluding hydrogens is 268 g/mol. The molecule has 0 spiro atoms. The van der Waals surface area contributed by atoms with Crippen LogP contribution in [0.2, 0.25) is 0 Å². The Hall–Kier alpha value is -1.86. The molecule has 0 bridgehead atoms. The molecule has 0 aromatic heterocycles. The molecule has 2 atom stereocenters. The van der Waals surface area contributed by atoms with Crippen LogP contribution >= 0.6 is 0 Å². The van der Waals surface area contributed by atoms with Gasteiger partial charge in [-0.2, -0.15) is 0 Å². The lowest BCUT2D eigenvalue weighted by Crippen LogP contribution is -2.17. The van der Waals surface area contributed by atoms with Gasteiger partial charge in [-0.3, -0.25) is 0 Å². The summed E-state index contributed by atoms with van der Waals surface area (Å²) in [7, 11) is 0. The van der Waals surface area contributed by atoms with Gasteiger partial charge in [-0.25, -0.2) is 0 Å². The zero-order valence-electron chi connectivity index (χ0n) is 13.7. The fraction of sp³-hybridized carbons (Fsp3) is 0.333.